The Morgan fingerprint density at radius 1 is 1.58 bits per heavy atom. The molecule has 0 bridgehead atoms. The van der Waals surface area contributed by atoms with E-state index >= 15 is 0 Å². The van der Waals surface area contributed by atoms with Gasteiger partial charge in [-0.15, -0.1) is 0 Å². The fourth-order valence-corrected chi connectivity index (χ4v) is 1.10. The molecule has 0 aliphatic carbocycles. The normalized spacial score (nSPS) is 15.2. The fourth-order valence-electron chi connectivity index (χ4n) is 1.10. The van der Waals surface area contributed by atoms with Crippen LogP contribution in [0.15, 0.2) is 18.5 Å². The minimum absolute atomic E-state index is 0.0710. The number of hydrogen-bond acceptors (Lipinski definition) is 2. The van der Waals surface area contributed by atoms with Crippen molar-refractivity contribution in [2.45, 2.75) is 25.9 Å². The van der Waals surface area contributed by atoms with Crippen LogP contribution in [0.5, 0.6) is 0 Å². The molecule has 0 saturated heterocycles. The molecule has 0 aromatic carbocycles. The maximum Gasteiger partial charge on any atom is 0.293 e. The smallest absolute Gasteiger partial charge is 0.293 e. The zero-order valence-electron chi connectivity index (χ0n) is 7.28. The van der Waals surface area contributed by atoms with Crippen molar-refractivity contribution < 1.29 is 9.53 Å². The summed E-state index contributed by atoms with van der Waals surface area (Å²) in [5, 5.41) is 0. The van der Waals surface area contributed by atoms with Gasteiger partial charge in [-0.3, -0.25) is 4.79 Å². The lowest BCUT2D eigenvalue weighted by Crippen LogP contribution is -2.15. The molecule has 1 rings (SSSR count). The van der Waals surface area contributed by atoms with E-state index in [1.165, 1.54) is 0 Å². The second-order valence-electron chi connectivity index (χ2n) is 2.87. The van der Waals surface area contributed by atoms with Crippen molar-refractivity contribution in [1.82, 2.24) is 4.98 Å². The molecule has 2 atom stereocenters. The lowest BCUT2D eigenvalue weighted by Gasteiger charge is -2.16. The molecule has 66 valence electrons. The number of aromatic nitrogens is 1. The molecular weight excluding hydrogens is 154 g/mol. The lowest BCUT2D eigenvalue weighted by atomic mass is 9.99. The van der Waals surface area contributed by atoms with Crippen LogP contribution in [0, 0.1) is 0 Å². The number of hydrogen-bond donors (Lipinski definition) is 1. The van der Waals surface area contributed by atoms with Crippen LogP contribution < -0.4 is 0 Å². The van der Waals surface area contributed by atoms with E-state index in [1.807, 2.05) is 32.3 Å². The van der Waals surface area contributed by atoms with Gasteiger partial charge in [0.15, 0.2) is 0 Å². The zero-order valence-corrected chi connectivity index (χ0v) is 7.28. The second-order valence-corrected chi connectivity index (χ2v) is 2.87. The van der Waals surface area contributed by atoms with E-state index in [2.05, 4.69) is 4.98 Å². The Hall–Kier alpha value is -1.25. The second kappa shape index (κ2) is 3.95. The predicted octanol–water partition coefficient (Wildman–Crippen LogP) is 1.68. The number of carbonyl (C=O) groups is 1. The zero-order chi connectivity index (χ0) is 8.97. The SMILES string of the molecule is CC(OC=O)C(C)c1cc[nH]c1. The highest BCUT2D eigenvalue weighted by Gasteiger charge is 2.14. The van der Waals surface area contributed by atoms with E-state index in [0.717, 1.165) is 5.56 Å². The highest BCUT2D eigenvalue weighted by Crippen LogP contribution is 2.19. The van der Waals surface area contributed by atoms with Crippen molar-refractivity contribution in [2.24, 2.45) is 0 Å². The van der Waals surface area contributed by atoms with Gasteiger partial charge in [0, 0.05) is 18.3 Å². The molecule has 0 aliphatic heterocycles. The fraction of sp³-hybridized carbons (Fsp3) is 0.444. The van der Waals surface area contributed by atoms with Gasteiger partial charge in [-0.2, -0.15) is 0 Å². The minimum atomic E-state index is -0.0710. The maximum absolute atomic E-state index is 10.1. The first-order valence-corrected chi connectivity index (χ1v) is 3.97. The average Bonchev–Trinajstić information content (AvgIpc) is 2.55. The molecule has 1 N–H and O–H groups in total. The van der Waals surface area contributed by atoms with E-state index < -0.39 is 0 Å². The van der Waals surface area contributed by atoms with E-state index in [0.29, 0.717) is 6.47 Å². The van der Waals surface area contributed by atoms with Crippen LogP contribution in [0.2, 0.25) is 0 Å². The Labute approximate surface area is 71.7 Å². The van der Waals surface area contributed by atoms with Crippen LogP contribution in [-0.2, 0) is 9.53 Å². The van der Waals surface area contributed by atoms with Gasteiger partial charge in [-0.05, 0) is 18.6 Å². The van der Waals surface area contributed by atoms with Crippen molar-refractivity contribution in [3.63, 3.8) is 0 Å². The van der Waals surface area contributed by atoms with E-state index in [1.54, 1.807) is 0 Å². The van der Waals surface area contributed by atoms with Gasteiger partial charge >= 0.3 is 0 Å². The summed E-state index contributed by atoms with van der Waals surface area (Å²) in [5.41, 5.74) is 1.16. The third-order valence-electron chi connectivity index (χ3n) is 2.12. The Bertz CT molecular complexity index is 231. The van der Waals surface area contributed by atoms with Gasteiger partial charge in [0.1, 0.15) is 6.10 Å². The molecular formula is C9H13NO2. The molecule has 3 nitrogen and oxygen atoms in total. The largest absolute Gasteiger partial charge is 0.464 e. The molecule has 12 heavy (non-hydrogen) atoms. The summed E-state index contributed by atoms with van der Waals surface area (Å²) in [6, 6.07) is 1.98. The first kappa shape index (κ1) is 8.84. The number of carbonyl (C=O) groups excluding carboxylic acids is 1. The average molecular weight is 167 g/mol. The third kappa shape index (κ3) is 1.87. The van der Waals surface area contributed by atoms with Gasteiger partial charge in [0.25, 0.3) is 6.47 Å². The number of nitrogens with one attached hydrogen (secondary N) is 1. The topological polar surface area (TPSA) is 42.1 Å². The molecule has 3 heteroatoms. The third-order valence-corrected chi connectivity index (χ3v) is 2.12. The standard InChI is InChI=1S/C9H13NO2/c1-7(8(2)12-6-11)9-3-4-10-5-9/h3-8,10H,1-2H3. The summed E-state index contributed by atoms with van der Waals surface area (Å²) in [6.45, 7) is 4.40. The van der Waals surface area contributed by atoms with Crippen LogP contribution >= 0.6 is 0 Å². The first-order chi connectivity index (χ1) is 5.75. The number of aromatic amines is 1. The molecule has 0 saturated carbocycles. The lowest BCUT2D eigenvalue weighted by molar-refractivity contribution is -0.133. The van der Waals surface area contributed by atoms with Crippen molar-refractivity contribution in [3.8, 4) is 0 Å². The summed E-state index contributed by atoms with van der Waals surface area (Å²) in [5.74, 6) is 0.237. The van der Waals surface area contributed by atoms with E-state index in [9.17, 15) is 4.79 Å². The Morgan fingerprint density at radius 2 is 2.33 bits per heavy atom. The monoisotopic (exact) mass is 167 g/mol. The van der Waals surface area contributed by atoms with Gasteiger partial charge in [0.05, 0.1) is 0 Å². The quantitative estimate of drug-likeness (QED) is 0.693. The molecule has 0 aliphatic rings. The first-order valence-electron chi connectivity index (χ1n) is 3.97. The van der Waals surface area contributed by atoms with Crippen molar-refractivity contribution >= 4 is 6.47 Å². The van der Waals surface area contributed by atoms with Crippen LogP contribution in [0.1, 0.15) is 25.3 Å². The molecule has 1 aromatic heterocycles. The molecule has 2 unspecified atom stereocenters. The highest BCUT2D eigenvalue weighted by atomic mass is 16.5. The summed E-state index contributed by atoms with van der Waals surface area (Å²) >= 11 is 0. The molecule has 1 heterocycles. The van der Waals surface area contributed by atoms with Crippen LogP contribution in [0.3, 0.4) is 0 Å². The summed E-state index contributed by atoms with van der Waals surface area (Å²) < 4.78 is 4.83. The summed E-state index contributed by atoms with van der Waals surface area (Å²) in [6.07, 6.45) is 3.70. The minimum Gasteiger partial charge on any atom is -0.464 e. The van der Waals surface area contributed by atoms with Crippen LogP contribution in [-0.4, -0.2) is 17.6 Å². The van der Waals surface area contributed by atoms with E-state index in [-0.39, 0.29) is 12.0 Å². The molecule has 0 amide bonds. The van der Waals surface area contributed by atoms with Gasteiger partial charge < -0.3 is 9.72 Å². The molecule has 1 aromatic rings. The Kier molecular flexibility index (Phi) is 2.91. The van der Waals surface area contributed by atoms with Gasteiger partial charge in [-0.1, -0.05) is 6.92 Å². The summed E-state index contributed by atoms with van der Waals surface area (Å²) in [4.78, 5) is 13.0. The van der Waals surface area contributed by atoms with Gasteiger partial charge in [0.2, 0.25) is 0 Å². The predicted molar refractivity (Wildman–Crippen MR) is 45.8 cm³/mol. The Morgan fingerprint density at radius 3 is 2.83 bits per heavy atom. The van der Waals surface area contributed by atoms with Crippen molar-refractivity contribution in [3.05, 3.63) is 24.0 Å². The molecule has 0 fully saturated rings. The highest BCUT2D eigenvalue weighted by molar-refractivity contribution is 5.37. The number of ether oxygens (including phenoxy) is 1. The molecule has 0 radical (unpaired) electrons. The summed E-state index contributed by atoms with van der Waals surface area (Å²) in [7, 11) is 0. The van der Waals surface area contributed by atoms with Crippen molar-refractivity contribution in [1.29, 1.82) is 0 Å². The van der Waals surface area contributed by atoms with Crippen LogP contribution in [0.4, 0.5) is 0 Å². The van der Waals surface area contributed by atoms with Gasteiger partial charge in [-0.25, -0.2) is 0 Å². The molecule has 0 spiro atoms. The van der Waals surface area contributed by atoms with Crippen molar-refractivity contribution in [2.75, 3.05) is 0 Å². The number of rotatable bonds is 4. The maximum atomic E-state index is 10.1. The van der Waals surface area contributed by atoms with Crippen LogP contribution in [0.25, 0.3) is 0 Å². The van der Waals surface area contributed by atoms with E-state index in [4.69, 9.17) is 4.74 Å². The number of H-pyrrole nitrogens is 1. The Balaban J connectivity index is 2.58.